The number of halogens is 2. The molecule has 0 atom stereocenters. The first-order valence-electron chi connectivity index (χ1n) is 10.7. The zero-order valence-corrected chi connectivity index (χ0v) is 17.8. The molecule has 0 bridgehead atoms. The number of benzene rings is 2. The lowest BCUT2D eigenvalue weighted by Crippen LogP contribution is -2.50. The van der Waals surface area contributed by atoms with E-state index in [1.807, 2.05) is 15.4 Å². The van der Waals surface area contributed by atoms with Crippen molar-refractivity contribution in [1.29, 1.82) is 0 Å². The van der Waals surface area contributed by atoms with Gasteiger partial charge in [-0.05, 0) is 36.4 Å². The van der Waals surface area contributed by atoms with Gasteiger partial charge in [-0.15, -0.1) is 0 Å². The van der Waals surface area contributed by atoms with Crippen molar-refractivity contribution in [3.8, 4) is 11.3 Å². The zero-order chi connectivity index (χ0) is 22.8. The number of amides is 1. The minimum absolute atomic E-state index is 0.0581. The van der Waals surface area contributed by atoms with Crippen molar-refractivity contribution >= 4 is 23.1 Å². The molecule has 0 aliphatic carbocycles. The number of nitrogens with one attached hydrogen (secondary N) is 1. The van der Waals surface area contributed by atoms with E-state index in [0.29, 0.717) is 49.0 Å². The van der Waals surface area contributed by atoms with Gasteiger partial charge in [-0.2, -0.15) is 0 Å². The minimum Gasteiger partial charge on any atom is -0.366 e. The number of anilines is 2. The Bertz CT molecular complexity index is 1280. The van der Waals surface area contributed by atoms with E-state index in [1.165, 1.54) is 18.2 Å². The van der Waals surface area contributed by atoms with E-state index >= 15 is 0 Å². The SMILES string of the molecule is O=C(CNc1c(-c2ccc(F)cc2)nc2cnccn12)N1CCN(c2ccccc2F)CC1. The Hall–Kier alpha value is -4.01. The summed E-state index contributed by atoms with van der Waals surface area (Å²) in [5.74, 6) is -0.00708. The van der Waals surface area contributed by atoms with Crippen molar-refractivity contribution in [2.75, 3.05) is 42.9 Å². The summed E-state index contributed by atoms with van der Waals surface area (Å²) in [6, 6.07) is 12.7. The van der Waals surface area contributed by atoms with Crippen molar-refractivity contribution in [1.82, 2.24) is 19.3 Å². The highest BCUT2D eigenvalue weighted by Crippen LogP contribution is 2.28. The molecule has 5 rings (SSSR count). The monoisotopic (exact) mass is 448 g/mol. The first-order valence-corrected chi connectivity index (χ1v) is 10.7. The quantitative estimate of drug-likeness (QED) is 0.507. The average molecular weight is 448 g/mol. The van der Waals surface area contributed by atoms with Gasteiger partial charge in [0.1, 0.15) is 23.1 Å². The number of imidazole rings is 1. The number of piperazine rings is 1. The summed E-state index contributed by atoms with van der Waals surface area (Å²) >= 11 is 0. The number of rotatable bonds is 5. The second-order valence-corrected chi connectivity index (χ2v) is 7.79. The third kappa shape index (κ3) is 4.21. The molecule has 0 saturated carbocycles. The van der Waals surface area contributed by atoms with Crippen molar-refractivity contribution < 1.29 is 13.6 Å². The minimum atomic E-state index is -0.330. The van der Waals surface area contributed by atoms with Crippen LogP contribution in [-0.4, -0.2) is 57.9 Å². The fraction of sp³-hybridized carbons (Fsp3) is 0.208. The Morgan fingerprint density at radius 1 is 1.00 bits per heavy atom. The third-order valence-corrected chi connectivity index (χ3v) is 5.78. The van der Waals surface area contributed by atoms with Crippen LogP contribution in [0.4, 0.5) is 20.3 Å². The third-order valence-electron chi connectivity index (χ3n) is 5.78. The molecule has 1 fully saturated rings. The van der Waals surface area contributed by atoms with E-state index in [0.717, 1.165) is 5.56 Å². The van der Waals surface area contributed by atoms with Crippen LogP contribution >= 0.6 is 0 Å². The van der Waals surface area contributed by atoms with Gasteiger partial charge in [0.2, 0.25) is 5.91 Å². The lowest BCUT2D eigenvalue weighted by Gasteiger charge is -2.36. The van der Waals surface area contributed by atoms with E-state index in [-0.39, 0.29) is 24.1 Å². The lowest BCUT2D eigenvalue weighted by molar-refractivity contribution is -0.129. The average Bonchev–Trinajstić information content (AvgIpc) is 3.22. The predicted octanol–water partition coefficient (Wildman–Crippen LogP) is 3.44. The van der Waals surface area contributed by atoms with Crippen LogP contribution in [0.5, 0.6) is 0 Å². The van der Waals surface area contributed by atoms with Gasteiger partial charge in [0.05, 0.1) is 18.4 Å². The molecule has 168 valence electrons. The second-order valence-electron chi connectivity index (χ2n) is 7.79. The predicted molar refractivity (Wildman–Crippen MR) is 122 cm³/mol. The molecule has 9 heteroatoms. The molecule has 2 aromatic carbocycles. The number of carbonyl (C=O) groups is 1. The second kappa shape index (κ2) is 8.85. The molecule has 33 heavy (non-hydrogen) atoms. The van der Waals surface area contributed by atoms with Crippen molar-refractivity contribution in [2.45, 2.75) is 0 Å². The summed E-state index contributed by atoms with van der Waals surface area (Å²) < 4.78 is 29.3. The molecule has 0 unspecified atom stereocenters. The van der Waals surface area contributed by atoms with Crippen molar-refractivity contribution in [3.63, 3.8) is 0 Å². The highest BCUT2D eigenvalue weighted by atomic mass is 19.1. The summed E-state index contributed by atoms with van der Waals surface area (Å²) in [5.41, 5.74) is 2.52. The number of hydrogen-bond donors (Lipinski definition) is 1. The van der Waals surface area contributed by atoms with Gasteiger partial charge in [0.25, 0.3) is 0 Å². The lowest BCUT2D eigenvalue weighted by atomic mass is 10.1. The maximum Gasteiger partial charge on any atom is 0.242 e. The number of fused-ring (bicyclic) bond motifs is 1. The van der Waals surface area contributed by atoms with E-state index in [4.69, 9.17) is 0 Å². The van der Waals surface area contributed by atoms with Crippen LogP contribution in [-0.2, 0) is 4.79 Å². The van der Waals surface area contributed by atoms with E-state index in [9.17, 15) is 13.6 Å². The van der Waals surface area contributed by atoms with Crippen LogP contribution in [0.3, 0.4) is 0 Å². The van der Waals surface area contributed by atoms with Gasteiger partial charge in [-0.25, -0.2) is 13.8 Å². The summed E-state index contributed by atoms with van der Waals surface area (Å²) in [5, 5.41) is 3.21. The summed E-state index contributed by atoms with van der Waals surface area (Å²) in [6.07, 6.45) is 5.02. The van der Waals surface area contributed by atoms with Crippen LogP contribution in [0, 0.1) is 11.6 Å². The number of carbonyl (C=O) groups excluding carboxylic acids is 1. The molecule has 0 spiro atoms. The Morgan fingerprint density at radius 3 is 2.52 bits per heavy atom. The molecule has 0 radical (unpaired) electrons. The fourth-order valence-electron chi connectivity index (χ4n) is 4.06. The molecule has 7 nitrogen and oxygen atoms in total. The van der Waals surface area contributed by atoms with Crippen molar-refractivity contribution in [3.05, 3.63) is 78.8 Å². The highest BCUT2D eigenvalue weighted by molar-refractivity contribution is 5.84. The first kappa shape index (κ1) is 20.9. The van der Waals surface area contributed by atoms with Crippen LogP contribution in [0.25, 0.3) is 16.9 Å². The van der Waals surface area contributed by atoms with Gasteiger partial charge in [-0.1, -0.05) is 12.1 Å². The number of nitrogens with zero attached hydrogens (tertiary/aromatic N) is 5. The standard InChI is InChI=1S/C24H22F2N6O/c25-18-7-5-17(6-8-18)23-24(32-10-9-27-15-21(32)29-23)28-16-22(33)31-13-11-30(12-14-31)20-4-2-1-3-19(20)26/h1-10,15,28H,11-14,16H2. The fourth-order valence-corrected chi connectivity index (χ4v) is 4.06. The molecule has 4 aromatic rings. The molecular weight excluding hydrogens is 426 g/mol. The Morgan fingerprint density at radius 2 is 1.76 bits per heavy atom. The number of hydrogen-bond acceptors (Lipinski definition) is 5. The molecule has 3 heterocycles. The Kier molecular flexibility index (Phi) is 5.60. The maximum absolute atomic E-state index is 14.1. The Labute approximate surface area is 189 Å². The number of para-hydroxylation sites is 1. The van der Waals surface area contributed by atoms with E-state index in [2.05, 4.69) is 15.3 Å². The molecule has 1 amide bonds. The van der Waals surface area contributed by atoms with Gasteiger partial charge in [0, 0.05) is 44.1 Å². The maximum atomic E-state index is 14.1. The molecule has 1 saturated heterocycles. The summed E-state index contributed by atoms with van der Waals surface area (Å²) in [4.78, 5) is 25.3. The first-order chi connectivity index (χ1) is 16.1. The van der Waals surface area contributed by atoms with Crippen molar-refractivity contribution in [2.24, 2.45) is 0 Å². The number of aromatic nitrogens is 3. The van der Waals surface area contributed by atoms with E-state index in [1.54, 1.807) is 47.8 Å². The summed E-state index contributed by atoms with van der Waals surface area (Å²) in [6.45, 7) is 2.22. The van der Waals surface area contributed by atoms with Gasteiger partial charge in [0.15, 0.2) is 5.65 Å². The molecule has 1 N–H and O–H groups in total. The van der Waals surface area contributed by atoms with Crippen LogP contribution in [0.15, 0.2) is 67.1 Å². The van der Waals surface area contributed by atoms with Crippen LogP contribution in [0.1, 0.15) is 0 Å². The van der Waals surface area contributed by atoms with Gasteiger partial charge >= 0.3 is 0 Å². The van der Waals surface area contributed by atoms with Gasteiger partial charge < -0.3 is 15.1 Å². The zero-order valence-electron chi connectivity index (χ0n) is 17.8. The summed E-state index contributed by atoms with van der Waals surface area (Å²) in [7, 11) is 0. The highest BCUT2D eigenvalue weighted by Gasteiger charge is 2.23. The molecule has 1 aliphatic rings. The normalized spacial score (nSPS) is 14.0. The van der Waals surface area contributed by atoms with Crippen LogP contribution in [0.2, 0.25) is 0 Å². The topological polar surface area (TPSA) is 65.8 Å². The Balaban J connectivity index is 1.29. The molecule has 2 aromatic heterocycles. The van der Waals surface area contributed by atoms with Crippen LogP contribution < -0.4 is 10.2 Å². The molecular formula is C24H22F2N6O. The smallest absolute Gasteiger partial charge is 0.242 e. The van der Waals surface area contributed by atoms with Gasteiger partial charge in [-0.3, -0.25) is 14.2 Å². The van der Waals surface area contributed by atoms with E-state index < -0.39 is 0 Å². The largest absolute Gasteiger partial charge is 0.366 e. The molecule has 1 aliphatic heterocycles.